The van der Waals surface area contributed by atoms with E-state index < -0.39 is 17.7 Å². The molecular weight excluding hydrogens is 226 g/mol. The third-order valence-electron chi connectivity index (χ3n) is 2.42. The van der Waals surface area contributed by atoms with E-state index in [2.05, 4.69) is 4.98 Å². The lowest BCUT2D eigenvalue weighted by Crippen LogP contribution is -2.03. The molecule has 2 rings (SSSR count). The normalized spacial score (nSPS) is 12.7. The fourth-order valence-electron chi connectivity index (χ4n) is 1.66. The number of aryl methyl sites for hydroxylation is 1. The van der Waals surface area contributed by atoms with Crippen LogP contribution in [0, 0.1) is 11.6 Å². The lowest BCUT2D eigenvalue weighted by Gasteiger charge is -2.08. The van der Waals surface area contributed by atoms with Gasteiger partial charge in [-0.3, -0.25) is 0 Å². The van der Waals surface area contributed by atoms with Crippen molar-refractivity contribution in [3.63, 3.8) is 0 Å². The first-order chi connectivity index (χ1) is 8.04. The maximum atomic E-state index is 12.9. The maximum absolute atomic E-state index is 12.9. The van der Waals surface area contributed by atoms with E-state index in [1.54, 1.807) is 24.1 Å². The first-order valence-corrected chi connectivity index (χ1v) is 5.15. The number of hydrogen-bond acceptors (Lipinski definition) is 2. The molecule has 5 heteroatoms. The summed E-state index contributed by atoms with van der Waals surface area (Å²) >= 11 is 0. The van der Waals surface area contributed by atoms with E-state index in [1.807, 2.05) is 0 Å². The van der Waals surface area contributed by atoms with Crippen LogP contribution < -0.4 is 0 Å². The first kappa shape index (κ1) is 11.7. The van der Waals surface area contributed by atoms with Crippen molar-refractivity contribution in [2.24, 2.45) is 7.05 Å². The molecule has 1 aromatic heterocycles. The van der Waals surface area contributed by atoms with Crippen molar-refractivity contribution in [3.8, 4) is 0 Å². The Bertz CT molecular complexity index is 505. The molecule has 0 saturated heterocycles. The van der Waals surface area contributed by atoms with Crippen molar-refractivity contribution in [2.75, 3.05) is 0 Å². The largest absolute Gasteiger partial charge is 0.386 e. The van der Waals surface area contributed by atoms with Gasteiger partial charge in [0.15, 0.2) is 0 Å². The van der Waals surface area contributed by atoms with E-state index in [-0.39, 0.29) is 6.42 Å². The number of aliphatic hydroxyl groups excluding tert-OH is 1. The van der Waals surface area contributed by atoms with Gasteiger partial charge < -0.3 is 9.67 Å². The third-order valence-corrected chi connectivity index (χ3v) is 2.42. The number of halogens is 2. The van der Waals surface area contributed by atoms with Gasteiger partial charge in [0.25, 0.3) is 0 Å². The van der Waals surface area contributed by atoms with Crippen molar-refractivity contribution in [2.45, 2.75) is 12.5 Å². The topological polar surface area (TPSA) is 38.0 Å². The van der Waals surface area contributed by atoms with E-state index in [1.165, 1.54) is 12.1 Å². The molecular formula is C12H12F2N2O. The zero-order chi connectivity index (χ0) is 12.4. The number of hydrogen-bond donors (Lipinski definition) is 1. The molecule has 1 atom stereocenters. The van der Waals surface area contributed by atoms with Crippen LogP contribution >= 0.6 is 0 Å². The van der Waals surface area contributed by atoms with Crippen LogP contribution in [-0.4, -0.2) is 14.7 Å². The smallest absolute Gasteiger partial charge is 0.126 e. The number of imidazole rings is 1. The number of nitrogens with zero attached hydrogens (tertiary/aromatic N) is 2. The highest BCUT2D eigenvalue weighted by Crippen LogP contribution is 2.18. The van der Waals surface area contributed by atoms with Gasteiger partial charge in [-0.1, -0.05) is 0 Å². The van der Waals surface area contributed by atoms with Gasteiger partial charge in [-0.15, -0.1) is 0 Å². The number of aliphatic hydroxyl groups is 1. The van der Waals surface area contributed by atoms with E-state index in [0.29, 0.717) is 11.3 Å². The molecule has 0 spiro atoms. The molecule has 0 fully saturated rings. The van der Waals surface area contributed by atoms with Gasteiger partial charge in [0.05, 0.1) is 12.0 Å². The van der Waals surface area contributed by atoms with Crippen LogP contribution in [0.4, 0.5) is 8.78 Å². The Morgan fingerprint density at radius 1 is 1.29 bits per heavy atom. The van der Waals surface area contributed by atoms with Crippen LogP contribution in [0.1, 0.15) is 17.4 Å². The summed E-state index contributed by atoms with van der Waals surface area (Å²) in [6.07, 6.45) is 2.49. The van der Waals surface area contributed by atoms with Gasteiger partial charge in [-0.2, -0.15) is 0 Å². The lowest BCUT2D eigenvalue weighted by atomic mass is 10.1. The summed E-state index contributed by atoms with van der Waals surface area (Å²) in [6.45, 7) is 0. The lowest BCUT2D eigenvalue weighted by molar-refractivity contribution is 0.174. The molecule has 1 aromatic carbocycles. The Kier molecular flexibility index (Phi) is 3.19. The average molecular weight is 238 g/mol. The average Bonchev–Trinajstić information content (AvgIpc) is 2.63. The molecule has 0 amide bonds. The second-order valence-electron chi connectivity index (χ2n) is 3.96. The van der Waals surface area contributed by atoms with Gasteiger partial charge in [0, 0.05) is 25.7 Å². The molecule has 3 nitrogen and oxygen atoms in total. The monoisotopic (exact) mass is 238 g/mol. The van der Waals surface area contributed by atoms with Crippen LogP contribution in [-0.2, 0) is 13.5 Å². The van der Waals surface area contributed by atoms with Crippen LogP contribution in [0.2, 0.25) is 0 Å². The van der Waals surface area contributed by atoms with Gasteiger partial charge in [0.1, 0.15) is 17.7 Å². The predicted octanol–water partition coefficient (Wildman–Crippen LogP) is 1.97. The number of aromatic nitrogens is 2. The summed E-state index contributed by atoms with van der Waals surface area (Å²) in [7, 11) is 1.78. The summed E-state index contributed by atoms with van der Waals surface area (Å²) in [5, 5.41) is 9.85. The molecule has 1 unspecified atom stereocenters. The van der Waals surface area contributed by atoms with Crippen molar-refractivity contribution in [3.05, 3.63) is 53.6 Å². The minimum absolute atomic E-state index is 0.131. The molecule has 1 N–H and O–H groups in total. The Morgan fingerprint density at radius 2 is 1.94 bits per heavy atom. The van der Waals surface area contributed by atoms with Crippen LogP contribution in [0.3, 0.4) is 0 Å². The van der Waals surface area contributed by atoms with Crippen molar-refractivity contribution in [1.29, 1.82) is 0 Å². The molecule has 2 aromatic rings. The Morgan fingerprint density at radius 3 is 2.47 bits per heavy atom. The highest BCUT2D eigenvalue weighted by molar-refractivity contribution is 5.20. The molecule has 17 heavy (non-hydrogen) atoms. The molecule has 0 aliphatic carbocycles. The van der Waals surface area contributed by atoms with E-state index >= 15 is 0 Å². The fourth-order valence-corrected chi connectivity index (χ4v) is 1.66. The van der Waals surface area contributed by atoms with Gasteiger partial charge in [0.2, 0.25) is 0 Å². The number of rotatable bonds is 3. The van der Waals surface area contributed by atoms with Crippen molar-refractivity contribution in [1.82, 2.24) is 9.55 Å². The summed E-state index contributed by atoms with van der Waals surface area (Å²) < 4.78 is 27.6. The van der Waals surface area contributed by atoms with E-state index in [9.17, 15) is 13.9 Å². The molecule has 0 aliphatic heterocycles. The van der Waals surface area contributed by atoms with E-state index in [0.717, 1.165) is 6.07 Å². The fraction of sp³-hybridized carbons (Fsp3) is 0.250. The molecule has 1 heterocycles. The Hall–Kier alpha value is -1.75. The minimum atomic E-state index is -0.864. The summed E-state index contributed by atoms with van der Waals surface area (Å²) in [6, 6.07) is 3.21. The van der Waals surface area contributed by atoms with Gasteiger partial charge in [-0.05, 0) is 17.7 Å². The molecule has 0 aliphatic rings. The SMILES string of the molecule is Cn1cnc(C(O)Cc2cc(F)cc(F)c2)c1. The second-order valence-corrected chi connectivity index (χ2v) is 3.96. The second kappa shape index (κ2) is 4.63. The van der Waals surface area contributed by atoms with Crippen molar-refractivity contribution >= 4 is 0 Å². The van der Waals surface area contributed by atoms with Gasteiger partial charge in [-0.25, -0.2) is 13.8 Å². The Balaban J connectivity index is 2.15. The summed E-state index contributed by atoms with van der Waals surface area (Å²) in [5.74, 6) is -1.29. The highest BCUT2D eigenvalue weighted by Gasteiger charge is 2.12. The zero-order valence-electron chi connectivity index (χ0n) is 9.27. The minimum Gasteiger partial charge on any atom is -0.386 e. The highest BCUT2D eigenvalue weighted by atomic mass is 19.1. The van der Waals surface area contributed by atoms with Crippen LogP contribution in [0.5, 0.6) is 0 Å². The van der Waals surface area contributed by atoms with Gasteiger partial charge >= 0.3 is 0 Å². The molecule has 0 radical (unpaired) electrons. The predicted molar refractivity (Wildman–Crippen MR) is 58.2 cm³/mol. The first-order valence-electron chi connectivity index (χ1n) is 5.15. The Labute approximate surface area is 97.3 Å². The standard InChI is InChI=1S/C12H12F2N2O/c1-16-6-11(15-7-16)12(17)4-8-2-9(13)5-10(14)3-8/h2-3,5-7,12,17H,4H2,1H3. The maximum Gasteiger partial charge on any atom is 0.126 e. The quantitative estimate of drug-likeness (QED) is 0.887. The van der Waals surface area contributed by atoms with E-state index in [4.69, 9.17) is 0 Å². The van der Waals surface area contributed by atoms with Crippen LogP contribution in [0.15, 0.2) is 30.7 Å². The summed E-state index contributed by atoms with van der Waals surface area (Å²) in [5.41, 5.74) is 0.887. The molecule has 0 saturated carbocycles. The zero-order valence-corrected chi connectivity index (χ0v) is 9.27. The summed E-state index contributed by atoms with van der Waals surface area (Å²) in [4.78, 5) is 3.98. The molecule has 90 valence electrons. The van der Waals surface area contributed by atoms with Crippen molar-refractivity contribution < 1.29 is 13.9 Å². The van der Waals surface area contributed by atoms with Crippen LogP contribution in [0.25, 0.3) is 0 Å². The third kappa shape index (κ3) is 2.88. The number of benzene rings is 1. The molecule has 0 bridgehead atoms.